The van der Waals surface area contributed by atoms with Gasteiger partial charge in [-0.05, 0) is 17.2 Å². The fourth-order valence-corrected chi connectivity index (χ4v) is 3.35. The zero-order chi connectivity index (χ0) is 16.5. The van der Waals surface area contributed by atoms with Crippen LogP contribution in [0.5, 0.6) is 0 Å². The lowest BCUT2D eigenvalue weighted by atomic mass is 9.93. The number of aromatic amines is 1. The predicted octanol–water partition coefficient (Wildman–Crippen LogP) is 3.52. The number of carboxylic acid groups (broad SMARTS) is 1. The largest absolute Gasteiger partial charge is 0.480 e. The van der Waals surface area contributed by atoms with Gasteiger partial charge >= 0.3 is 5.97 Å². The molecule has 3 aromatic rings. The molecular weight excluding hydrogens is 300 g/mol. The second-order valence-corrected chi connectivity index (χ2v) is 6.07. The molecule has 0 aliphatic carbocycles. The van der Waals surface area contributed by atoms with E-state index in [9.17, 15) is 9.90 Å². The fraction of sp³-hybridized carbons (Fsp3) is 0.150. The summed E-state index contributed by atoms with van der Waals surface area (Å²) in [6, 6.07) is 17.3. The van der Waals surface area contributed by atoms with E-state index in [1.165, 1.54) is 0 Å². The highest BCUT2D eigenvalue weighted by Gasteiger charge is 2.31. The van der Waals surface area contributed by atoms with Crippen LogP contribution in [0, 0.1) is 0 Å². The van der Waals surface area contributed by atoms with E-state index in [1.54, 1.807) is 0 Å². The highest BCUT2D eigenvalue weighted by molar-refractivity contribution is 5.87. The lowest BCUT2D eigenvalue weighted by molar-refractivity contribution is -0.139. The number of hydrogen-bond acceptors (Lipinski definition) is 2. The minimum atomic E-state index is -0.816. The molecule has 0 fully saturated rings. The van der Waals surface area contributed by atoms with Crippen molar-refractivity contribution in [3.63, 3.8) is 0 Å². The summed E-state index contributed by atoms with van der Waals surface area (Å²) in [5.74, 6) is -0.816. The Labute approximate surface area is 139 Å². The van der Waals surface area contributed by atoms with Gasteiger partial charge in [-0.1, -0.05) is 60.7 Å². The molecule has 0 radical (unpaired) electrons. The van der Waals surface area contributed by atoms with Crippen molar-refractivity contribution in [1.29, 1.82) is 0 Å². The molecule has 0 spiro atoms. The van der Waals surface area contributed by atoms with Gasteiger partial charge in [0.1, 0.15) is 6.04 Å². The third-order valence-corrected chi connectivity index (χ3v) is 4.53. The van der Waals surface area contributed by atoms with Crippen molar-refractivity contribution in [3.05, 3.63) is 77.5 Å². The Morgan fingerprint density at radius 2 is 1.83 bits per heavy atom. The summed E-state index contributed by atoms with van der Waals surface area (Å²) in [5, 5.41) is 13.8. The lowest BCUT2D eigenvalue weighted by Crippen LogP contribution is -2.44. The Morgan fingerprint density at radius 1 is 1.08 bits per heavy atom. The van der Waals surface area contributed by atoms with Gasteiger partial charge in [0.05, 0.1) is 6.04 Å². The molecule has 2 atom stereocenters. The van der Waals surface area contributed by atoms with Crippen molar-refractivity contribution >= 4 is 22.9 Å². The number of aliphatic carboxylic acids is 1. The minimum absolute atomic E-state index is 0.151. The van der Waals surface area contributed by atoms with Gasteiger partial charge in [0.15, 0.2) is 0 Å². The van der Waals surface area contributed by atoms with Crippen molar-refractivity contribution < 1.29 is 9.90 Å². The molecule has 0 saturated heterocycles. The van der Waals surface area contributed by atoms with Crippen LogP contribution in [-0.4, -0.2) is 22.1 Å². The van der Waals surface area contributed by atoms with Crippen LogP contribution in [0.15, 0.2) is 60.7 Å². The van der Waals surface area contributed by atoms with Crippen LogP contribution in [0.25, 0.3) is 17.0 Å². The zero-order valence-corrected chi connectivity index (χ0v) is 13.1. The number of benzene rings is 2. The molecule has 0 amide bonds. The first-order valence-corrected chi connectivity index (χ1v) is 8.04. The highest BCUT2D eigenvalue weighted by Crippen LogP contribution is 2.32. The predicted molar refractivity (Wildman–Crippen MR) is 94.8 cm³/mol. The molecule has 2 aromatic carbocycles. The second kappa shape index (κ2) is 5.98. The van der Waals surface area contributed by atoms with Gasteiger partial charge in [0.25, 0.3) is 0 Å². The van der Waals surface area contributed by atoms with Crippen LogP contribution in [0.3, 0.4) is 0 Å². The van der Waals surface area contributed by atoms with E-state index in [4.69, 9.17) is 0 Å². The maximum Gasteiger partial charge on any atom is 0.321 e. The topological polar surface area (TPSA) is 65.1 Å². The van der Waals surface area contributed by atoms with Crippen LogP contribution < -0.4 is 5.32 Å². The maximum atomic E-state index is 11.5. The zero-order valence-electron chi connectivity index (χ0n) is 13.1. The number of para-hydroxylation sites is 1. The standard InChI is InChI=1S/C20H18N2O2/c23-20(24)18-12-15-14-8-4-5-9-16(14)22-19(15)17(21-18)11-10-13-6-2-1-3-7-13/h1-11,17-18,21-22H,12H2,(H,23,24)/b11-10+/t17-,18-/m0/s1. The van der Waals surface area contributed by atoms with E-state index in [0.717, 1.165) is 27.7 Å². The van der Waals surface area contributed by atoms with E-state index < -0.39 is 12.0 Å². The van der Waals surface area contributed by atoms with Gasteiger partial charge in [-0.25, -0.2) is 0 Å². The number of aromatic nitrogens is 1. The van der Waals surface area contributed by atoms with E-state index in [1.807, 2.05) is 66.7 Å². The van der Waals surface area contributed by atoms with Crippen LogP contribution >= 0.6 is 0 Å². The fourth-order valence-electron chi connectivity index (χ4n) is 3.35. The number of nitrogens with one attached hydrogen (secondary N) is 2. The summed E-state index contributed by atoms with van der Waals surface area (Å²) in [6.07, 6.45) is 4.54. The summed E-state index contributed by atoms with van der Waals surface area (Å²) >= 11 is 0. The monoisotopic (exact) mass is 318 g/mol. The summed E-state index contributed by atoms with van der Waals surface area (Å²) in [4.78, 5) is 15.0. The number of rotatable bonds is 3. The molecule has 3 N–H and O–H groups in total. The SMILES string of the molecule is O=C(O)[C@@H]1Cc2c([nH]c3ccccc23)[C@H](/C=C/c2ccccc2)N1. The van der Waals surface area contributed by atoms with Gasteiger partial charge < -0.3 is 10.1 Å². The van der Waals surface area contributed by atoms with Crippen LogP contribution in [0.4, 0.5) is 0 Å². The van der Waals surface area contributed by atoms with Crippen LogP contribution in [0.1, 0.15) is 22.9 Å². The average molecular weight is 318 g/mol. The van der Waals surface area contributed by atoms with Gasteiger partial charge in [0.2, 0.25) is 0 Å². The molecule has 0 bridgehead atoms. The highest BCUT2D eigenvalue weighted by atomic mass is 16.4. The van der Waals surface area contributed by atoms with Crippen molar-refractivity contribution in [2.75, 3.05) is 0 Å². The number of fused-ring (bicyclic) bond motifs is 3. The second-order valence-electron chi connectivity index (χ2n) is 6.07. The first kappa shape index (κ1) is 14.7. The molecule has 2 heterocycles. The first-order chi connectivity index (χ1) is 11.7. The van der Waals surface area contributed by atoms with Crippen LogP contribution in [-0.2, 0) is 11.2 Å². The number of hydrogen-bond donors (Lipinski definition) is 3. The van der Waals surface area contributed by atoms with E-state index in [-0.39, 0.29) is 6.04 Å². The summed E-state index contributed by atoms with van der Waals surface area (Å²) in [6.45, 7) is 0. The Bertz CT molecular complexity index is 912. The molecule has 0 unspecified atom stereocenters. The molecule has 4 heteroatoms. The maximum absolute atomic E-state index is 11.5. The normalized spacial score (nSPS) is 20.3. The van der Waals surface area contributed by atoms with Gasteiger partial charge in [-0.3, -0.25) is 10.1 Å². The molecule has 4 nitrogen and oxygen atoms in total. The molecule has 24 heavy (non-hydrogen) atoms. The molecule has 4 rings (SSSR count). The van der Waals surface area contributed by atoms with Gasteiger partial charge in [0, 0.05) is 23.0 Å². The van der Waals surface area contributed by atoms with Crippen molar-refractivity contribution in [2.45, 2.75) is 18.5 Å². The minimum Gasteiger partial charge on any atom is -0.480 e. The number of carbonyl (C=O) groups is 1. The molecule has 1 aliphatic heterocycles. The third-order valence-electron chi connectivity index (χ3n) is 4.53. The molecule has 1 aliphatic rings. The molecule has 120 valence electrons. The Hall–Kier alpha value is -2.85. The average Bonchev–Trinajstić information content (AvgIpc) is 2.99. The van der Waals surface area contributed by atoms with E-state index in [0.29, 0.717) is 6.42 Å². The smallest absolute Gasteiger partial charge is 0.321 e. The lowest BCUT2D eigenvalue weighted by Gasteiger charge is -2.27. The Kier molecular flexibility index (Phi) is 3.67. The Morgan fingerprint density at radius 3 is 2.62 bits per heavy atom. The van der Waals surface area contributed by atoms with E-state index in [2.05, 4.69) is 10.3 Å². The molecular formula is C20H18N2O2. The van der Waals surface area contributed by atoms with E-state index >= 15 is 0 Å². The first-order valence-electron chi connectivity index (χ1n) is 8.04. The van der Waals surface area contributed by atoms with Crippen molar-refractivity contribution in [3.8, 4) is 0 Å². The summed E-state index contributed by atoms with van der Waals surface area (Å²) in [5.41, 5.74) is 4.29. The summed E-state index contributed by atoms with van der Waals surface area (Å²) in [7, 11) is 0. The summed E-state index contributed by atoms with van der Waals surface area (Å²) < 4.78 is 0. The number of carboxylic acids is 1. The van der Waals surface area contributed by atoms with Crippen LogP contribution in [0.2, 0.25) is 0 Å². The van der Waals surface area contributed by atoms with Crippen molar-refractivity contribution in [2.24, 2.45) is 0 Å². The number of H-pyrrole nitrogens is 1. The van der Waals surface area contributed by atoms with Gasteiger partial charge in [-0.15, -0.1) is 0 Å². The van der Waals surface area contributed by atoms with Crippen molar-refractivity contribution in [1.82, 2.24) is 10.3 Å². The quantitative estimate of drug-likeness (QED) is 0.692. The van der Waals surface area contributed by atoms with Gasteiger partial charge in [-0.2, -0.15) is 0 Å². The molecule has 0 saturated carbocycles. The Balaban J connectivity index is 1.76. The third kappa shape index (κ3) is 2.61. The molecule has 1 aromatic heterocycles.